The minimum absolute atomic E-state index is 0.0183. The summed E-state index contributed by atoms with van der Waals surface area (Å²) < 4.78 is 15.7. The van der Waals surface area contributed by atoms with E-state index in [1.165, 1.54) is 28.3 Å². The van der Waals surface area contributed by atoms with Crippen LogP contribution >= 0.6 is 0 Å². The van der Waals surface area contributed by atoms with Gasteiger partial charge in [-0.15, -0.1) is 0 Å². The van der Waals surface area contributed by atoms with Crippen molar-refractivity contribution in [2.45, 2.75) is 13.3 Å². The van der Waals surface area contributed by atoms with Crippen LogP contribution in [0.5, 0.6) is 17.2 Å². The number of amides is 3. The summed E-state index contributed by atoms with van der Waals surface area (Å²) in [5.74, 6) is 0.797. The Labute approximate surface area is 164 Å². The van der Waals surface area contributed by atoms with Gasteiger partial charge in [0.2, 0.25) is 17.6 Å². The highest BCUT2D eigenvalue weighted by atomic mass is 16.5. The normalized spacial score (nSPS) is 13.7. The number of carbonyl (C=O) groups is 3. The number of hydrogen-bond acceptors (Lipinski definition) is 6. The van der Waals surface area contributed by atoms with Crippen LogP contribution in [-0.2, 0) is 9.59 Å². The Bertz CT molecular complexity index is 703. The van der Waals surface area contributed by atoms with Crippen molar-refractivity contribution in [2.75, 3.05) is 54.1 Å². The lowest BCUT2D eigenvalue weighted by molar-refractivity contribution is -0.138. The van der Waals surface area contributed by atoms with Crippen LogP contribution in [0.15, 0.2) is 12.1 Å². The summed E-state index contributed by atoms with van der Waals surface area (Å²) >= 11 is 0. The third-order valence-corrected chi connectivity index (χ3v) is 4.63. The molecule has 1 fully saturated rings. The first-order valence-electron chi connectivity index (χ1n) is 9.02. The highest BCUT2D eigenvalue weighted by Crippen LogP contribution is 2.38. The molecular weight excluding hydrogens is 366 g/mol. The van der Waals surface area contributed by atoms with Gasteiger partial charge in [0, 0.05) is 51.6 Å². The molecule has 0 aromatic heterocycles. The van der Waals surface area contributed by atoms with Crippen LogP contribution in [0.3, 0.4) is 0 Å². The lowest BCUT2D eigenvalue weighted by atomic mass is 10.1. The van der Waals surface area contributed by atoms with Crippen molar-refractivity contribution >= 4 is 17.7 Å². The number of nitrogens with zero attached hydrogens (tertiary/aromatic N) is 2. The molecule has 0 saturated carbocycles. The van der Waals surface area contributed by atoms with E-state index in [2.05, 4.69) is 5.32 Å². The summed E-state index contributed by atoms with van der Waals surface area (Å²) in [5.41, 5.74) is 0.344. The molecule has 1 aliphatic heterocycles. The molecule has 0 radical (unpaired) electrons. The summed E-state index contributed by atoms with van der Waals surface area (Å²) in [4.78, 5) is 39.5. The fraction of sp³-hybridized carbons (Fsp3) is 0.526. The van der Waals surface area contributed by atoms with Gasteiger partial charge in [0.25, 0.3) is 5.91 Å². The number of carbonyl (C=O) groups excluding carboxylic acids is 3. The Hall–Kier alpha value is -2.97. The van der Waals surface area contributed by atoms with Gasteiger partial charge in [-0.2, -0.15) is 0 Å². The van der Waals surface area contributed by atoms with Crippen molar-refractivity contribution in [2.24, 2.45) is 0 Å². The first-order valence-corrected chi connectivity index (χ1v) is 9.02. The molecule has 154 valence electrons. The zero-order valence-corrected chi connectivity index (χ0v) is 16.7. The molecule has 0 unspecified atom stereocenters. The molecule has 1 N–H and O–H groups in total. The van der Waals surface area contributed by atoms with Crippen molar-refractivity contribution in [1.82, 2.24) is 15.1 Å². The second-order valence-corrected chi connectivity index (χ2v) is 6.31. The van der Waals surface area contributed by atoms with Crippen molar-refractivity contribution in [1.29, 1.82) is 0 Å². The van der Waals surface area contributed by atoms with E-state index >= 15 is 0 Å². The summed E-state index contributed by atoms with van der Waals surface area (Å²) in [7, 11) is 4.44. The molecule has 1 aliphatic rings. The van der Waals surface area contributed by atoms with Crippen molar-refractivity contribution < 1.29 is 28.6 Å². The first-order chi connectivity index (χ1) is 13.4. The fourth-order valence-electron chi connectivity index (χ4n) is 3.03. The number of piperazine rings is 1. The lowest BCUT2D eigenvalue weighted by Gasteiger charge is -2.34. The van der Waals surface area contributed by atoms with E-state index in [0.717, 1.165) is 0 Å². The maximum absolute atomic E-state index is 12.4. The highest BCUT2D eigenvalue weighted by molar-refractivity contribution is 5.95. The van der Waals surface area contributed by atoms with Crippen molar-refractivity contribution in [3.8, 4) is 17.2 Å². The van der Waals surface area contributed by atoms with Crippen LogP contribution in [-0.4, -0.2) is 81.6 Å². The van der Waals surface area contributed by atoms with Gasteiger partial charge >= 0.3 is 0 Å². The topological polar surface area (TPSA) is 97.4 Å². The monoisotopic (exact) mass is 393 g/mol. The minimum atomic E-state index is -0.339. The fourth-order valence-corrected chi connectivity index (χ4v) is 3.03. The summed E-state index contributed by atoms with van der Waals surface area (Å²) in [6, 6.07) is 3.11. The number of benzene rings is 1. The van der Waals surface area contributed by atoms with E-state index in [1.807, 2.05) is 0 Å². The van der Waals surface area contributed by atoms with Gasteiger partial charge in [0.15, 0.2) is 11.5 Å². The van der Waals surface area contributed by atoms with E-state index in [0.29, 0.717) is 49.0 Å². The second kappa shape index (κ2) is 9.82. The van der Waals surface area contributed by atoms with Gasteiger partial charge in [0.05, 0.1) is 21.3 Å². The molecule has 0 spiro atoms. The van der Waals surface area contributed by atoms with E-state index in [1.54, 1.807) is 21.9 Å². The summed E-state index contributed by atoms with van der Waals surface area (Å²) in [6.07, 6.45) is 0.191. The van der Waals surface area contributed by atoms with Gasteiger partial charge in [0.1, 0.15) is 0 Å². The number of rotatable bonds is 7. The predicted octanol–water partition coefficient (Wildman–Crippen LogP) is 0.523. The Morgan fingerprint density at radius 2 is 1.46 bits per heavy atom. The number of ether oxygens (including phenoxy) is 3. The highest BCUT2D eigenvalue weighted by Gasteiger charge is 2.22. The van der Waals surface area contributed by atoms with Gasteiger partial charge < -0.3 is 29.3 Å². The first kappa shape index (κ1) is 21.3. The molecule has 1 heterocycles. The van der Waals surface area contributed by atoms with Crippen LogP contribution in [0.2, 0.25) is 0 Å². The van der Waals surface area contributed by atoms with Gasteiger partial charge in [-0.25, -0.2) is 0 Å². The standard InChI is InChI=1S/C19H27N3O6/c1-13(23)21-7-9-22(10-8-21)17(24)5-6-20-19(25)14-11-15(26-2)18(28-4)16(12-14)27-3/h11-12H,5-10H2,1-4H3,(H,20,25). The second-order valence-electron chi connectivity index (χ2n) is 6.31. The van der Waals surface area contributed by atoms with Crippen molar-refractivity contribution in [3.63, 3.8) is 0 Å². The Morgan fingerprint density at radius 1 is 0.929 bits per heavy atom. The smallest absolute Gasteiger partial charge is 0.251 e. The number of methoxy groups -OCH3 is 3. The zero-order chi connectivity index (χ0) is 20.7. The predicted molar refractivity (Wildman–Crippen MR) is 102 cm³/mol. The Kier molecular flexibility index (Phi) is 7.48. The third kappa shape index (κ3) is 5.05. The van der Waals surface area contributed by atoms with E-state index in [9.17, 15) is 14.4 Å². The zero-order valence-electron chi connectivity index (χ0n) is 16.7. The maximum Gasteiger partial charge on any atom is 0.251 e. The molecule has 1 aromatic rings. The largest absolute Gasteiger partial charge is 0.493 e. The molecule has 1 saturated heterocycles. The van der Waals surface area contributed by atoms with Crippen LogP contribution in [0, 0.1) is 0 Å². The van der Waals surface area contributed by atoms with E-state index in [4.69, 9.17) is 14.2 Å². The van der Waals surface area contributed by atoms with Crippen LogP contribution < -0.4 is 19.5 Å². The lowest BCUT2D eigenvalue weighted by Crippen LogP contribution is -2.50. The molecule has 1 aromatic carbocycles. The molecule has 9 heteroatoms. The Balaban J connectivity index is 1.89. The molecule has 9 nitrogen and oxygen atoms in total. The third-order valence-electron chi connectivity index (χ3n) is 4.63. The molecule has 0 bridgehead atoms. The van der Waals surface area contributed by atoms with Gasteiger partial charge in [-0.3, -0.25) is 14.4 Å². The quantitative estimate of drug-likeness (QED) is 0.726. The average Bonchev–Trinajstić information content (AvgIpc) is 2.72. The number of nitrogens with one attached hydrogen (secondary N) is 1. The van der Waals surface area contributed by atoms with Gasteiger partial charge in [-0.1, -0.05) is 0 Å². The maximum atomic E-state index is 12.4. The Morgan fingerprint density at radius 3 is 1.93 bits per heavy atom. The van der Waals surface area contributed by atoms with E-state index in [-0.39, 0.29) is 30.7 Å². The molecule has 0 atom stereocenters. The molecule has 0 aliphatic carbocycles. The molecule has 28 heavy (non-hydrogen) atoms. The summed E-state index contributed by atoms with van der Waals surface area (Å²) in [6.45, 7) is 3.84. The average molecular weight is 393 g/mol. The molecule has 2 rings (SSSR count). The molecular formula is C19H27N3O6. The summed E-state index contributed by atoms with van der Waals surface area (Å²) in [5, 5.41) is 2.73. The number of hydrogen-bond donors (Lipinski definition) is 1. The van der Waals surface area contributed by atoms with Crippen LogP contribution in [0.1, 0.15) is 23.7 Å². The molecule has 3 amide bonds. The minimum Gasteiger partial charge on any atom is -0.493 e. The van der Waals surface area contributed by atoms with Crippen LogP contribution in [0.25, 0.3) is 0 Å². The van der Waals surface area contributed by atoms with Gasteiger partial charge in [-0.05, 0) is 12.1 Å². The SMILES string of the molecule is COc1cc(C(=O)NCCC(=O)N2CCN(C(C)=O)CC2)cc(OC)c1OC. The van der Waals surface area contributed by atoms with Crippen molar-refractivity contribution in [3.05, 3.63) is 17.7 Å². The van der Waals surface area contributed by atoms with Crippen LogP contribution in [0.4, 0.5) is 0 Å². The van der Waals surface area contributed by atoms with E-state index < -0.39 is 0 Å².